The van der Waals surface area contributed by atoms with Crippen LogP contribution in [0.15, 0.2) is 48.0 Å². The van der Waals surface area contributed by atoms with E-state index in [0.717, 1.165) is 22.0 Å². The molecule has 0 fully saturated rings. The summed E-state index contributed by atoms with van der Waals surface area (Å²) in [6, 6.07) is 6.08. The van der Waals surface area contributed by atoms with E-state index in [1.54, 1.807) is 12.4 Å². The molecule has 0 saturated heterocycles. The van der Waals surface area contributed by atoms with Crippen LogP contribution in [0.25, 0.3) is 16.5 Å². The van der Waals surface area contributed by atoms with Gasteiger partial charge >= 0.3 is 0 Å². The van der Waals surface area contributed by atoms with Gasteiger partial charge in [-0.1, -0.05) is 6.07 Å². The summed E-state index contributed by atoms with van der Waals surface area (Å²) in [6.07, 6.45) is 8.86. The number of nitrogens with zero attached hydrogens (tertiary/aromatic N) is 5. The number of rotatable bonds is 4. The van der Waals surface area contributed by atoms with Crippen molar-refractivity contribution < 1.29 is 0 Å². The average molecular weight is 317 g/mol. The lowest BCUT2D eigenvalue weighted by atomic mass is 10.0. The van der Waals surface area contributed by atoms with Gasteiger partial charge in [-0.2, -0.15) is 4.98 Å². The van der Waals surface area contributed by atoms with E-state index in [1.165, 1.54) is 11.9 Å². The van der Waals surface area contributed by atoms with Gasteiger partial charge in [0.15, 0.2) is 0 Å². The van der Waals surface area contributed by atoms with Gasteiger partial charge in [0.1, 0.15) is 12.1 Å². The van der Waals surface area contributed by atoms with Crippen molar-refractivity contribution in [1.29, 1.82) is 0 Å². The molecular formula is C17H15N7. The Balaban J connectivity index is 1.67. The van der Waals surface area contributed by atoms with Gasteiger partial charge < -0.3 is 11.1 Å². The summed E-state index contributed by atoms with van der Waals surface area (Å²) in [5.41, 5.74) is 9.91. The van der Waals surface area contributed by atoms with Crippen molar-refractivity contribution in [3.63, 3.8) is 0 Å². The van der Waals surface area contributed by atoms with Crippen molar-refractivity contribution in [1.82, 2.24) is 19.9 Å². The predicted octanol–water partition coefficient (Wildman–Crippen LogP) is 2.08. The number of fused-ring (bicyclic) bond motifs is 1. The molecule has 1 aliphatic rings. The molecule has 7 heteroatoms. The quantitative estimate of drug-likeness (QED) is 0.764. The summed E-state index contributed by atoms with van der Waals surface area (Å²) >= 11 is 0. The van der Waals surface area contributed by atoms with Gasteiger partial charge in [0, 0.05) is 36.1 Å². The molecule has 24 heavy (non-hydrogen) atoms. The Hall–Kier alpha value is -3.35. The van der Waals surface area contributed by atoms with Crippen molar-refractivity contribution in [2.75, 3.05) is 17.6 Å². The highest BCUT2D eigenvalue weighted by Crippen LogP contribution is 2.26. The van der Waals surface area contributed by atoms with Crippen molar-refractivity contribution in [3.05, 3.63) is 54.1 Å². The number of anilines is 2. The van der Waals surface area contributed by atoms with E-state index in [2.05, 4.69) is 36.3 Å². The molecule has 1 aliphatic heterocycles. The number of nitrogens with two attached hydrogens (primary N) is 1. The zero-order valence-corrected chi connectivity index (χ0v) is 12.8. The fourth-order valence-corrected chi connectivity index (χ4v) is 2.62. The molecular weight excluding hydrogens is 302 g/mol. The molecule has 3 N–H and O–H groups in total. The van der Waals surface area contributed by atoms with Crippen LogP contribution >= 0.6 is 0 Å². The Kier molecular flexibility index (Phi) is 3.59. The van der Waals surface area contributed by atoms with Crippen LogP contribution in [0.1, 0.15) is 11.1 Å². The number of nitrogens with one attached hydrogen (secondary N) is 1. The second-order valence-corrected chi connectivity index (χ2v) is 5.44. The molecule has 0 spiro atoms. The number of hydrogen-bond donors (Lipinski definition) is 2. The van der Waals surface area contributed by atoms with Crippen LogP contribution in [0, 0.1) is 0 Å². The molecule has 0 bridgehead atoms. The van der Waals surface area contributed by atoms with Crippen LogP contribution in [-0.4, -0.2) is 32.7 Å². The first-order chi connectivity index (χ1) is 11.8. The van der Waals surface area contributed by atoms with Gasteiger partial charge in [-0.05, 0) is 29.3 Å². The van der Waals surface area contributed by atoms with Crippen LogP contribution in [0.4, 0.5) is 11.8 Å². The molecule has 2 aromatic heterocycles. The summed E-state index contributed by atoms with van der Waals surface area (Å²) in [6.45, 7) is 1.26. The summed E-state index contributed by atoms with van der Waals surface area (Å²) < 4.78 is 0. The maximum absolute atomic E-state index is 5.87. The summed E-state index contributed by atoms with van der Waals surface area (Å²) in [4.78, 5) is 20.9. The number of nitrogen functional groups attached to an aromatic ring is 1. The van der Waals surface area contributed by atoms with Crippen molar-refractivity contribution in [3.8, 4) is 0 Å². The van der Waals surface area contributed by atoms with Gasteiger partial charge in [0.25, 0.3) is 0 Å². The van der Waals surface area contributed by atoms with Crippen molar-refractivity contribution >= 4 is 34.5 Å². The van der Waals surface area contributed by atoms with Gasteiger partial charge in [-0.25, -0.2) is 15.0 Å². The molecule has 3 aromatic rings. The Labute approximate surface area is 138 Å². The Morgan fingerprint density at radius 3 is 2.79 bits per heavy atom. The molecule has 1 aromatic carbocycles. The third-order valence-electron chi connectivity index (χ3n) is 3.80. The first kappa shape index (κ1) is 14.3. The third kappa shape index (κ3) is 2.79. The highest BCUT2D eigenvalue weighted by Gasteiger charge is 2.10. The monoisotopic (exact) mass is 317 g/mol. The second-order valence-electron chi connectivity index (χ2n) is 5.44. The first-order valence-corrected chi connectivity index (χ1v) is 7.54. The van der Waals surface area contributed by atoms with Crippen LogP contribution < -0.4 is 11.1 Å². The molecule has 118 valence electrons. The fourth-order valence-electron chi connectivity index (χ4n) is 2.62. The number of aromatic nitrogens is 4. The van der Waals surface area contributed by atoms with E-state index in [0.29, 0.717) is 18.9 Å². The van der Waals surface area contributed by atoms with Crippen LogP contribution in [0.2, 0.25) is 0 Å². The Morgan fingerprint density at radius 2 is 2.00 bits per heavy atom. The molecule has 0 radical (unpaired) electrons. The van der Waals surface area contributed by atoms with E-state index < -0.39 is 0 Å². The molecule has 0 amide bonds. The lowest BCUT2D eigenvalue weighted by molar-refractivity contribution is 1.04. The van der Waals surface area contributed by atoms with Gasteiger partial charge in [0.2, 0.25) is 5.95 Å². The zero-order chi connectivity index (χ0) is 16.4. The maximum atomic E-state index is 5.87. The van der Waals surface area contributed by atoms with E-state index in [4.69, 9.17) is 5.73 Å². The topological polar surface area (TPSA) is 102 Å². The van der Waals surface area contributed by atoms with E-state index in [-0.39, 0.29) is 5.95 Å². The van der Waals surface area contributed by atoms with Crippen LogP contribution in [0.3, 0.4) is 0 Å². The maximum Gasteiger partial charge on any atom is 0.222 e. The van der Waals surface area contributed by atoms with Gasteiger partial charge in [-0.3, -0.25) is 4.99 Å². The fraction of sp³-hybridized carbons (Fsp3) is 0.118. The van der Waals surface area contributed by atoms with Crippen LogP contribution in [-0.2, 0) is 6.54 Å². The van der Waals surface area contributed by atoms with Crippen LogP contribution in [0.5, 0.6) is 0 Å². The number of hydrogen-bond acceptors (Lipinski definition) is 7. The molecule has 0 aliphatic carbocycles. The number of benzene rings is 1. The third-order valence-corrected chi connectivity index (χ3v) is 3.80. The Bertz CT molecular complexity index is 948. The normalized spacial score (nSPS) is 13.2. The summed E-state index contributed by atoms with van der Waals surface area (Å²) in [5.74, 6) is 0.938. The molecule has 0 atom stereocenters. The molecule has 0 unspecified atom stereocenters. The minimum atomic E-state index is 0.239. The molecule has 7 nitrogen and oxygen atoms in total. The second kappa shape index (κ2) is 6.04. The SMILES string of the molecule is Nc1nc(NCc2cncnc2)c2ccc(C3=CC=NC3)cc2n1. The van der Waals surface area contributed by atoms with Gasteiger partial charge in [-0.15, -0.1) is 0 Å². The molecule has 4 rings (SSSR count). The lowest BCUT2D eigenvalue weighted by Crippen LogP contribution is -2.06. The number of allylic oxidation sites excluding steroid dienone is 1. The minimum Gasteiger partial charge on any atom is -0.368 e. The van der Waals surface area contributed by atoms with Crippen molar-refractivity contribution in [2.24, 2.45) is 4.99 Å². The first-order valence-electron chi connectivity index (χ1n) is 7.54. The standard InChI is InChI=1S/C17H15N7/c18-17-23-15-5-12(13-3-4-19-9-13)1-2-14(15)16(24-17)22-8-11-6-20-10-21-7-11/h1-7,10H,8-9H2,(H3,18,22,23,24). The van der Waals surface area contributed by atoms with E-state index >= 15 is 0 Å². The average Bonchev–Trinajstić information content (AvgIpc) is 3.14. The van der Waals surface area contributed by atoms with Crippen molar-refractivity contribution in [2.45, 2.75) is 6.54 Å². The highest BCUT2D eigenvalue weighted by atomic mass is 15.1. The van der Waals surface area contributed by atoms with Gasteiger partial charge in [0.05, 0.1) is 12.1 Å². The van der Waals surface area contributed by atoms with E-state index in [1.807, 2.05) is 24.4 Å². The smallest absolute Gasteiger partial charge is 0.222 e. The number of aliphatic imine (C=N–C) groups is 1. The largest absolute Gasteiger partial charge is 0.368 e. The molecule has 0 saturated carbocycles. The van der Waals surface area contributed by atoms with E-state index in [9.17, 15) is 0 Å². The highest BCUT2D eigenvalue weighted by molar-refractivity contribution is 5.95. The molecule has 3 heterocycles. The Morgan fingerprint density at radius 1 is 1.12 bits per heavy atom. The summed E-state index contributed by atoms with van der Waals surface area (Å²) in [5, 5.41) is 4.20. The summed E-state index contributed by atoms with van der Waals surface area (Å²) in [7, 11) is 0. The predicted molar refractivity (Wildman–Crippen MR) is 94.6 cm³/mol. The lowest BCUT2D eigenvalue weighted by Gasteiger charge is -2.10. The zero-order valence-electron chi connectivity index (χ0n) is 12.8. The minimum absolute atomic E-state index is 0.239.